The minimum atomic E-state index is -0.173. The molecule has 0 radical (unpaired) electrons. The van der Waals surface area contributed by atoms with Crippen molar-refractivity contribution in [1.29, 1.82) is 0 Å². The maximum Gasteiger partial charge on any atom is 0.252 e. The Kier molecular flexibility index (Phi) is 3.57. The number of aromatic nitrogens is 2. The first-order chi connectivity index (χ1) is 10.1. The van der Waals surface area contributed by atoms with Gasteiger partial charge in [0.15, 0.2) is 0 Å². The van der Waals surface area contributed by atoms with Gasteiger partial charge in [0.05, 0.1) is 11.7 Å². The van der Waals surface area contributed by atoms with Crippen LogP contribution < -0.4 is 5.32 Å². The highest BCUT2D eigenvalue weighted by Gasteiger charge is 2.23. The minimum absolute atomic E-state index is 0.0388. The number of amides is 2. The summed E-state index contributed by atoms with van der Waals surface area (Å²) in [5.41, 5.74) is 1.35. The highest BCUT2D eigenvalue weighted by Crippen LogP contribution is 2.06. The molecule has 1 atom stereocenters. The standard InChI is InChI=1S/C14H16N4O3/c1-17-8-11(21-9-13(17)19)6-16-14(20)10-2-3-12-15-4-5-18(12)7-10/h2-5,7,11H,6,8-9H2,1H3,(H,16,20)/t11-/m1/s1. The molecular weight excluding hydrogens is 272 g/mol. The molecule has 110 valence electrons. The molecule has 0 saturated carbocycles. The lowest BCUT2D eigenvalue weighted by atomic mass is 10.2. The molecule has 1 saturated heterocycles. The van der Waals surface area contributed by atoms with E-state index < -0.39 is 0 Å². The van der Waals surface area contributed by atoms with Crippen LogP contribution in [-0.2, 0) is 9.53 Å². The monoisotopic (exact) mass is 288 g/mol. The zero-order valence-corrected chi connectivity index (χ0v) is 11.7. The van der Waals surface area contributed by atoms with Crippen molar-refractivity contribution in [2.75, 3.05) is 26.7 Å². The van der Waals surface area contributed by atoms with Crippen molar-refractivity contribution in [1.82, 2.24) is 19.6 Å². The number of nitrogens with one attached hydrogen (secondary N) is 1. The number of pyridine rings is 1. The second-order valence-electron chi connectivity index (χ2n) is 5.03. The van der Waals surface area contributed by atoms with Gasteiger partial charge in [0.1, 0.15) is 12.3 Å². The quantitative estimate of drug-likeness (QED) is 0.857. The van der Waals surface area contributed by atoms with E-state index in [1.54, 1.807) is 47.1 Å². The summed E-state index contributed by atoms with van der Waals surface area (Å²) in [6, 6.07) is 3.52. The summed E-state index contributed by atoms with van der Waals surface area (Å²) in [7, 11) is 1.73. The molecule has 21 heavy (non-hydrogen) atoms. The predicted octanol–water partition coefficient (Wildman–Crippen LogP) is -0.0787. The molecule has 2 amide bonds. The van der Waals surface area contributed by atoms with Gasteiger partial charge in [-0.15, -0.1) is 0 Å². The van der Waals surface area contributed by atoms with Crippen molar-refractivity contribution in [2.24, 2.45) is 0 Å². The summed E-state index contributed by atoms with van der Waals surface area (Å²) in [6.07, 6.45) is 5.03. The van der Waals surface area contributed by atoms with Gasteiger partial charge >= 0.3 is 0 Å². The highest BCUT2D eigenvalue weighted by molar-refractivity contribution is 5.94. The second kappa shape index (κ2) is 5.53. The maximum absolute atomic E-state index is 12.1. The fourth-order valence-electron chi connectivity index (χ4n) is 2.25. The first-order valence-corrected chi connectivity index (χ1v) is 6.70. The van der Waals surface area contributed by atoms with E-state index in [9.17, 15) is 9.59 Å². The van der Waals surface area contributed by atoms with Crippen molar-refractivity contribution >= 4 is 17.5 Å². The third-order valence-corrected chi connectivity index (χ3v) is 3.49. The van der Waals surface area contributed by atoms with Gasteiger partial charge in [-0.3, -0.25) is 9.59 Å². The van der Waals surface area contributed by atoms with Gasteiger partial charge < -0.3 is 19.4 Å². The Morgan fingerprint density at radius 1 is 1.52 bits per heavy atom. The topological polar surface area (TPSA) is 75.9 Å². The van der Waals surface area contributed by atoms with Crippen LogP contribution in [0.2, 0.25) is 0 Å². The number of hydrogen-bond acceptors (Lipinski definition) is 4. The number of rotatable bonds is 3. The molecule has 7 heteroatoms. The molecule has 0 aliphatic carbocycles. The molecule has 0 aromatic carbocycles. The van der Waals surface area contributed by atoms with Crippen molar-refractivity contribution < 1.29 is 14.3 Å². The van der Waals surface area contributed by atoms with Crippen LogP contribution in [0.15, 0.2) is 30.7 Å². The fourth-order valence-corrected chi connectivity index (χ4v) is 2.25. The van der Waals surface area contributed by atoms with Crippen LogP contribution in [-0.4, -0.2) is 58.9 Å². The second-order valence-corrected chi connectivity index (χ2v) is 5.03. The van der Waals surface area contributed by atoms with Gasteiger partial charge in [0.25, 0.3) is 5.91 Å². The number of fused-ring (bicyclic) bond motifs is 1. The maximum atomic E-state index is 12.1. The number of hydrogen-bond donors (Lipinski definition) is 1. The normalized spacial score (nSPS) is 19.0. The molecule has 2 aromatic rings. The van der Waals surface area contributed by atoms with Crippen molar-refractivity contribution in [2.45, 2.75) is 6.10 Å². The van der Waals surface area contributed by atoms with Crippen LogP contribution in [0.4, 0.5) is 0 Å². The fraction of sp³-hybridized carbons (Fsp3) is 0.357. The minimum Gasteiger partial charge on any atom is -0.365 e. The lowest BCUT2D eigenvalue weighted by molar-refractivity contribution is -0.146. The largest absolute Gasteiger partial charge is 0.365 e. The summed E-state index contributed by atoms with van der Waals surface area (Å²) in [5, 5.41) is 2.83. The Bertz CT molecular complexity index is 682. The third kappa shape index (κ3) is 2.87. The molecular formula is C14H16N4O3. The van der Waals surface area contributed by atoms with Crippen LogP contribution in [0, 0.1) is 0 Å². The van der Waals surface area contributed by atoms with Gasteiger partial charge in [0, 0.05) is 38.7 Å². The van der Waals surface area contributed by atoms with E-state index in [1.807, 2.05) is 0 Å². The molecule has 7 nitrogen and oxygen atoms in total. The van der Waals surface area contributed by atoms with Gasteiger partial charge in [-0.2, -0.15) is 0 Å². The first-order valence-electron chi connectivity index (χ1n) is 6.70. The molecule has 1 aliphatic heterocycles. The summed E-state index contributed by atoms with van der Waals surface area (Å²) in [5.74, 6) is -0.211. The van der Waals surface area contributed by atoms with Gasteiger partial charge in [-0.05, 0) is 12.1 Å². The number of carbonyl (C=O) groups excluding carboxylic acids is 2. The molecule has 0 unspecified atom stereocenters. The summed E-state index contributed by atoms with van der Waals surface area (Å²) in [6.45, 7) is 0.927. The smallest absolute Gasteiger partial charge is 0.252 e. The van der Waals surface area contributed by atoms with E-state index in [0.29, 0.717) is 18.7 Å². The van der Waals surface area contributed by atoms with Gasteiger partial charge in [0.2, 0.25) is 5.91 Å². The molecule has 3 rings (SSSR count). The zero-order chi connectivity index (χ0) is 14.8. The van der Waals surface area contributed by atoms with Crippen molar-refractivity contribution in [3.8, 4) is 0 Å². The molecule has 1 aliphatic rings. The lowest BCUT2D eigenvalue weighted by Crippen LogP contribution is -2.48. The van der Waals surface area contributed by atoms with Crippen LogP contribution in [0.25, 0.3) is 5.65 Å². The first kappa shape index (κ1) is 13.6. The Labute approximate surface area is 121 Å². The van der Waals surface area contributed by atoms with Crippen molar-refractivity contribution in [3.05, 3.63) is 36.3 Å². The third-order valence-electron chi connectivity index (χ3n) is 3.49. The van der Waals surface area contributed by atoms with E-state index in [4.69, 9.17) is 4.74 Å². The zero-order valence-electron chi connectivity index (χ0n) is 11.7. The molecule has 0 spiro atoms. The molecule has 3 heterocycles. The van der Waals surface area contributed by atoms with Gasteiger partial charge in [-0.25, -0.2) is 4.98 Å². The molecule has 1 fully saturated rings. The molecule has 2 aromatic heterocycles. The number of morpholine rings is 1. The number of nitrogens with zero attached hydrogens (tertiary/aromatic N) is 3. The summed E-state index contributed by atoms with van der Waals surface area (Å²) >= 11 is 0. The average molecular weight is 288 g/mol. The van der Waals surface area contributed by atoms with Crippen LogP contribution in [0.3, 0.4) is 0 Å². The average Bonchev–Trinajstić information content (AvgIpc) is 2.95. The summed E-state index contributed by atoms with van der Waals surface area (Å²) in [4.78, 5) is 29.2. The molecule has 0 bridgehead atoms. The van der Waals surface area contributed by atoms with Crippen LogP contribution in [0.5, 0.6) is 0 Å². The van der Waals surface area contributed by atoms with Crippen LogP contribution >= 0.6 is 0 Å². The SMILES string of the molecule is CN1C[C@@H](CNC(=O)c2ccc3nccn3c2)OCC1=O. The van der Waals surface area contributed by atoms with E-state index >= 15 is 0 Å². The van der Waals surface area contributed by atoms with E-state index in [-0.39, 0.29) is 24.5 Å². The van der Waals surface area contributed by atoms with E-state index in [0.717, 1.165) is 5.65 Å². The number of carbonyl (C=O) groups is 2. The Morgan fingerprint density at radius 2 is 2.38 bits per heavy atom. The van der Waals surface area contributed by atoms with Crippen LogP contribution in [0.1, 0.15) is 10.4 Å². The Hall–Kier alpha value is -2.41. The predicted molar refractivity (Wildman–Crippen MR) is 74.9 cm³/mol. The highest BCUT2D eigenvalue weighted by atomic mass is 16.5. The Balaban J connectivity index is 1.60. The lowest BCUT2D eigenvalue weighted by Gasteiger charge is -2.29. The summed E-state index contributed by atoms with van der Waals surface area (Å²) < 4.78 is 7.17. The Morgan fingerprint density at radius 3 is 3.19 bits per heavy atom. The number of likely N-dealkylation sites (N-methyl/N-ethyl adjacent to an activating group) is 1. The van der Waals surface area contributed by atoms with Crippen molar-refractivity contribution in [3.63, 3.8) is 0 Å². The van der Waals surface area contributed by atoms with E-state index in [2.05, 4.69) is 10.3 Å². The van der Waals surface area contributed by atoms with Gasteiger partial charge in [-0.1, -0.05) is 0 Å². The molecule has 1 N–H and O–H groups in total. The number of imidazole rings is 1. The number of ether oxygens (including phenoxy) is 1. The van der Waals surface area contributed by atoms with E-state index in [1.165, 1.54) is 0 Å².